The molecule has 2 aromatic rings. The Morgan fingerprint density at radius 3 is 1.26 bits per heavy atom. The lowest BCUT2D eigenvalue weighted by Gasteiger charge is -2.48. The van der Waals surface area contributed by atoms with Gasteiger partial charge in [-0.1, -0.05) is 16.5 Å². The van der Waals surface area contributed by atoms with Crippen LogP contribution >= 0.6 is 0 Å². The fourth-order valence-corrected chi connectivity index (χ4v) is 12.2. The van der Waals surface area contributed by atoms with Gasteiger partial charge in [-0.15, -0.1) is 10.2 Å². The number of aromatic nitrogens is 6. The Bertz CT molecular complexity index is 2700. The molecule has 1 aliphatic carbocycles. The van der Waals surface area contributed by atoms with Gasteiger partial charge in [-0.2, -0.15) is 0 Å². The van der Waals surface area contributed by atoms with Crippen molar-refractivity contribution in [1.82, 2.24) is 35.3 Å². The van der Waals surface area contributed by atoms with Gasteiger partial charge in [0.2, 0.25) is 0 Å². The second-order valence-corrected chi connectivity index (χ2v) is 24.9. The number of hydrogen-bond acceptors (Lipinski definition) is 39. The van der Waals surface area contributed by atoms with Gasteiger partial charge in [0.15, 0.2) is 37.7 Å². The Morgan fingerprint density at radius 1 is 0.459 bits per heavy atom. The van der Waals surface area contributed by atoms with Crippen molar-refractivity contribution in [2.24, 2.45) is 5.73 Å². The van der Waals surface area contributed by atoms with Gasteiger partial charge < -0.3 is 174 Å². The molecule has 24 unspecified atom stereocenters. The SMILES string of the molecule is CC1OC(OC2C(CO)OC(OC3C(CO)OC(OCc4cn(CCOCCOCCOCCn5cc(COC6OC(CO)C(OC7OC(CO)C(OC8OC(C)[C@@H](N[C@H]9C=C(CO)[C@@H](O)[C@H](O)[C@@H]9O)C[C@@H]8O)C(O)C7O)C(O)C6O)nn5)nn4)C(O)C3O)C(O)C2O)[C@H](O)C[C@H]1N. The molecule has 8 heterocycles. The van der Waals surface area contributed by atoms with Gasteiger partial charge in [-0.3, -0.25) is 0 Å². The molecule has 0 spiro atoms. The van der Waals surface area contributed by atoms with E-state index in [-0.39, 0.29) is 77.8 Å². The van der Waals surface area contributed by atoms with Crippen molar-refractivity contribution in [3.8, 4) is 0 Å². The average Bonchev–Trinajstić information content (AvgIpc) is 1.08. The smallest absolute Gasteiger partial charge is 0.187 e. The summed E-state index contributed by atoms with van der Waals surface area (Å²) in [6.07, 6.45) is -39.3. The van der Waals surface area contributed by atoms with Gasteiger partial charge >= 0.3 is 0 Å². The van der Waals surface area contributed by atoms with Gasteiger partial charge in [-0.05, 0) is 32.3 Å². The second kappa shape index (κ2) is 36.9. The zero-order chi connectivity index (χ0) is 70.6. The molecule has 2 aromatic heterocycles. The predicted molar refractivity (Wildman–Crippen MR) is 314 cm³/mol. The summed E-state index contributed by atoms with van der Waals surface area (Å²) in [4.78, 5) is 0. The summed E-state index contributed by atoms with van der Waals surface area (Å²) in [5, 5.41) is 211. The van der Waals surface area contributed by atoms with Crippen LogP contribution in [-0.2, 0) is 97.4 Å². The van der Waals surface area contributed by atoms with Crippen molar-refractivity contribution in [2.75, 3.05) is 72.7 Å². The number of nitrogens with one attached hydrogen (secondary N) is 1. The van der Waals surface area contributed by atoms with Crippen molar-refractivity contribution in [1.29, 1.82) is 0 Å². The Labute approximate surface area is 560 Å². The molecule has 0 saturated carbocycles. The van der Waals surface area contributed by atoms with E-state index >= 15 is 0 Å². The molecule has 41 heteroatoms. The van der Waals surface area contributed by atoms with Gasteiger partial charge in [0, 0.05) is 12.1 Å². The highest BCUT2D eigenvalue weighted by molar-refractivity contribution is 5.22. The first kappa shape index (κ1) is 78.8. The van der Waals surface area contributed by atoms with Crippen LogP contribution in [0.3, 0.4) is 0 Å². The van der Waals surface area contributed by atoms with E-state index in [2.05, 4.69) is 25.9 Å². The number of hydrogen-bond donors (Lipinski definition) is 20. The normalized spacial score (nSPS) is 42.7. The maximum absolute atomic E-state index is 11.3. The Kier molecular flexibility index (Phi) is 29.6. The second-order valence-electron chi connectivity index (χ2n) is 24.9. The standard InChI is InChI=1S/C57H96N8O33/c1-23-28(58)12-31(71)52(89-23)95-48-35(19-69)93-56(46(82)42(48)78)97-50-33(17-67)91-54(44(80)40(50)76)87-21-26-14-64(62-60-26)3-5-84-7-9-86-10-8-85-6-4-65-15-27(61-63-65)22-88-55-45(81)41(77)51(34(18-68)92-55)98-57-47(83)43(79)49(36(20-70)94-57)96-53-32(72)13-29(24(2)90-53)59-30-11-25(16-66)37(73)39(75)38(30)74/h11,14-15,23-24,28-57,59,66-83H,3-10,12-13,16-22,58H2,1-2H3/t23?,24?,28-,29+,30+,31-,32+,33?,34?,35?,36?,37-,38-,39+,40?,41?,42?,43?,44?,45?,46?,47?,48?,49?,50?,51?,52?,53?,54?,55?,56?,57?/m1/s1. The molecule has 0 radical (unpaired) electrons. The molecule has 0 aromatic carbocycles. The number of nitrogens with two attached hydrogens (primary N) is 1. The zero-order valence-electron chi connectivity index (χ0n) is 53.7. The summed E-state index contributed by atoms with van der Waals surface area (Å²) in [7, 11) is 0. The molecule has 0 bridgehead atoms. The van der Waals surface area contributed by atoms with E-state index in [0.29, 0.717) is 17.9 Å². The van der Waals surface area contributed by atoms with Crippen LogP contribution in [0.15, 0.2) is 24.0 Å². The minimum absolute atomic E-state index is 0.0621. The molecule has 6 fully saturated rings. The predicted octanol–water partition coefficient (Wildman–Crippen LogP) is -12.4. The summed E-state index contributed by atoms with van der Waals surface area (Å²) in [5.74, 6) is 0. The van der Waals surface area contributed by atoms with Crippen molar-refractivity contribution in [3.05, 3.63) is 35.4 Å². The Hall–Kier alpha value is -3.38. The molecule has 98 heavy (non-hydrogen) atoms. The molecular weight excluding hydrogens is 1320 g/mol. The van der Waals surface area contributed by atoms with E-state index in [9.17, 15) is 91.9 Å². The maximum atomic E-state index is 11.3. The van der Waals surface area contributed by atoms with Crippen molar-refractivity contribution < 1.29 is 163 Å². The van der Waals surface area contributed by atoms with Crippen LogP contribution in [0.4, 0.5) is 0 Å². The first-order valence-electron chi connectivity index (χ1n) is 32.4. The third-order valence-corrected chi connectivity index (χ3v) is 18.0. The van der Waals surface area contributed by atoms with Crippen LogP contribution in [-0.4, -0.2) is 391 Å². The van der Waals surface area contributed by atoms with Crippen LogP contribution in [0.25, 0.3) is 0 Å². The van der Waals surface area contributed by atoms with Gasteiger partial charge in [-0.25, -0.2) is 9.36 Å². The van der Waals surface area contributed by atoms with E-state index in [1.54, 1.807) is 26.2 Å². The summed E-state index contributed by atoms with van der Waals surface area (Å²) in [6.45, 7) is 1.10. The number of nitrogens with zero attached hydrogens (tertiary/aromatic N) is 6. The summed E-state index contributed by atoms with van der Waals surface area (Å²) in [6, 6.07) is -2.09. The highest BCUT2D eigenvalue weighted by Crippen LogP contribution is 2.36. The first-order valence-corrected chi connectivity index (χ1v) is 32.4. The zero-order valence-corrected chi connectivity index (χ0v) is 53.7. The van der Waals surface area contributed by atoms with Crippen molar-refractivity contribution in [3.63, 3.8) is 0 Å². The maximum Gasteiger partial charge on any atom is 0.187 e. The van der Waals surface area contributed by atoms with Gasteiger partial charge in [0.1, 0.15) is 140 Å². The number of aliphatic hydroxyl groups excluding tert-OH is 18. The van der Waals surface area contributed by atoms with Crippen LogP contribution in [0.1, 0.15) is 38.1 Å². The Balaban J connectivity index is 0.611. The van der Waals surface area contributed by atoms with Crippen LogP contribution in [0, 0.1) is 0 Å². The van der Waals surface area contributed by atoms with Crippen LogP contribution < -0.4 is 11.1 Å². The lowest BCUT2D eigenvalue weighted by atomic mass is 9.87. The molecule has 6 aliphatic heterocycles. The summed E-state index contributed by atoms with van der Waals surface area (Å²) < 4.78 is 88.8. The molecule has 32 atom stereocenters. The van der Waals surface area contributed by atoms with Crippen LogP contribution in [0.5, 0.6) is 0 Å². The molecule has 0 amide bonds. The summed E-state index contributed by atoms with van der Waals surface area (Å²) >= 11 is 0. The molecule has 6 saturated heterocycles. The van der Waals surface area contributed by atoms with E-state index in [1.165, 1.54) is 15.4 Å². The van der Waals surface area contributed by atoms with E-state index < -0.39 is 229 Å². The highest BCUT2D eigenvalue weighted by atomic mass is 16.8. The van der Waals surface area contributed by atoms with E-state index in [1.807, 2.05) is 0 Å². The van der Waals surface area contributed by atoms with Crippen molar-refractivity contribution in [2.45, 2.75) is 249 Å². The molecule has 9 rings (SSSR count). The first-order chi connectivity index (χ1) is 47.0. The average molecular weight is 1420 g/mol. The lowest BCUT2D eigenvalue weighted by molar-refractivity contribution is -0.374. The fourth-order valence-electron chi connectivity index (χ4n) is 12.2. The van der Waals surface area contributed by atoms with E-state index in [4.69, 9.17) is 76.8 Å². The third kappa shape index (κ3) is 19.3. The molecular formula is C57H96N8O33. The highest BCUT2D eigenvalue weighted by Gasteiger charge is 2.55. The lowest BCUT2D eigenvalue weighted by Crippen LogP contribution is -2.66. The number of rotatable bonds is 33. The monoisotopic (exact) mass is 1420 g/mol. The molecule has 562 valence electrons. The topological polar surface area (TPSA) is 602 Å². The minimum Gasteiger partial charge on any atom is -0.394 e. The molecule has 7 aliphatic rings. The summed E-state index contributed by atoms with van der Waals surface area (Å²) in [5.41, 5.74) is 6.64. The van der Waals surface area contributed by atoms with Crippen LogP contribution in [0.2, 0.25) is 0 Å². The number of aliphatic hydroxyl groups is 18. The van der Waals surface area contributed by atoms with Gasteiger partial charge in [0.25, 0.3) is 0 Å². The minimum atomic E-state index is -1.94. The van der Waals surface area contributed by atoms with E-state index in [0.717, 1.165) is 0 Å². The van der Waals surface area contributed by atoms with Gasteiger partial charge in [0.05, 0.1) is 130 Å². The quantitative estimate of drug-likeness (QED) is 0.0233. The third-order valence-electron chi connectivity index (χ3n) is 18.0. The number of ether oxygens (including phenoxy) is 15. The fraction of sp³-hybridized carbons (Fsp3) is 0.895. The largest absolute Gasteiger partial charge is 0.394 e. The molecule has 41 nitrogen and oxygen atoms in total. The molecule has 21 N–H and O–H groups in total. The Morgan fingerprint density at radius 2 is 0.837 bits per heavy atom. The van der Waals surface area contributed by atoms with Crippen molar-refractivity contribution >= 4 is 0 Å².